The van der Waals surface area contributed by atoms with E-state index in [1.54, 1.807) is 0 Å². The highest BCUT2D eigenvalue weighted by Gasteiger charge is 2.49. The van der Waals surface area contributed by atoms with E-state index in [0.29, 0.717) is 17.9 Å². The molecule has 1 heterocycles. The average molecular weight is 277 g/mol. The van der Waals surface area contributed by atoms with Crippen molar-refractivity contribution < 1.29 is 4.79 Å². The number of hydrogen-bond acceptors (Lipinski definition) is 3. The monoisotopic (exact) mass is 277 g/mol. The number of piperidine rings is 1. The van der Waals surface area contributed by atoms with Crippen molar-refractivity contribution in [3.63, 3.8) is 0 Å². The van der Waals surface area contributed by atoms with E-state index >= 15 is 0 Å². The summed E-state index contributed by atoms with van der Waals surface area (Å²) in [6.45, 7) is 6.85. The smallest absolute Gasteiger partial charge is 0.225 e. The molecule has 3 rings (SSSR count). The minimum absolute atomic E-state index is 0.0833. The van der Waals surface area contributed by atoms with Crippen LogP contribution in [0.5, 0.6) is 0 Å². The zero-order chi connectivity index (χ0) is 14.1. The summed E-state index contributed by atoms with van der Waals surface area (Å²) in [5, 5.41) is 3.27. The van der Waals surface area contributed by atoms with Gasteiger partial charge in [0.25, 0.3) is 0 Å². The molecule has 4 atom stereocenters. The lowest BCUT2D eigenvalue weighted by Crippen LogP contribution is -2.50. The van der Waals surface area contributed by atoms with Crippen molar-refractivity contribution >= 4 is 5.91 Å². The third kappa shape index (κ3) is 2.63. The molecule has 0 aromatic rings. The highest BCUT2D eigenvalue weighted by Crippen LogP contribution is 2.47. The average Bonchev–Trinajstić information content (AvgIpc) is 3.02. The van der Waals surface area contributed by atoms with Crippen molar-refractivity contribution in [2.45, 2.75) is 44.2 Å². The summed E-state index contributed by atoms with van der Waals surface area (Å²) in [4.78, 5) is 14.9. The van der Waals surface area contributed by atoms with Crippen LogP contribution in [-0.4, -0.2) is 42.5 Å². The molecule has 20 heavy (non-hydrogen) atoms. The molecule has 4 unspecified atom stereocenters. The first-order chi connectivity index (χ1) is 9.69. The molecule has 3 N–H and O–H groups in total. The maximum atomic E-state index is 12.5. The largest absolute Gasteiger partial charge is 0.353 e. The Labute approximate surface area is 121 Å². The first-order valence-electron chi connectivity index (χ1n) is 8.08. The molecule has 1 saturated heterocycles. The minimum atomic E-state index is 0.0833. The fourth-order valence-electron chi connectivity index (χ4n) is 4.46. The molecule has 0 radical (unpaired) electrons. The number of fused-ring (bicyclic) bond motifs is 2. The standard InChI is InChI=1S/C16H27N3O/c1-2-7-19-8-5-13(6-9-19)18-16(20)14-11-3-4-12(10-11)15(14)17/h2,11-15H,1,3-10,17H2,(H,18,20). The van der Waals surface area contributed by atoms with Gasteiger partial charge in [0.1, 0.15) is 0 Å². The lowest BCUT2D eigenvalue weighted by molar-refractivity contribution is -0.128. The Bertz CT molecular complexity index is 374. The molecule has 2 bridgehead atoms. The van der Waals surface area contributed by atoms with Gasteiger partial charge in [-0.2, -0.15) is 0 Å². The molecule has 1 aliphatic heterocycles. The summed E-state index contributed by atoms with van der Waals surface area (Å²) < 4.78 is 0. The molecule has 1 amide bonds. The van der Waals surface area contributed by atoms with Crippen LogP contribution in [0.4, 0.5) is 0 Å². The number of nitrogens with zero attached hydrogens (tertiary/aromatic N) is 1. The fourth-order valence-corrected chi connectivity index (χ4v) is 4.46. The Morgan fingerprint density at radius 2 is 1.95 bits per heavy atom. The number of carbonyl (C=O) groups is 1. The zero-order valence-corrected chi connectivity index (χ0v) is 12.3. The van der Waals surface area contributed by atoms with Gasteiger partial charge in [-0.3, -0.25) is 9.69 Å². The second-order valence-electron chi connectivity index (χ2n) is 6.81. The topological polar surface area (TPSA) is 58.4 Å². The summed E-state index contributed by atoms with van der Waals surface area (Å²) in [7, 11) is 0. The number of carbonyl (C=O) groups excluding carboxylic acids is 1. The van der Waals surface area contributed by atoms with E-state index in [2.05, 4.69) is 16.8 Å². The first-order valence-corrected chi connectivity index (χ1v) is 8.08. The van der Waals surface area contributed by atoms with E-state index in [0.717, 1.165) is 32.5 Å². The summed E-state index contributed by atoms with van der Waals surface area (Å²) in [6, 6.07) is 0.449. The van der Waals surface area contributed by atoms with Crippen LogP contribution in [0.1, 0.15) is 32.1 Å². The van der Waals surface area contributed by atoms with Gasteiger partial charge in [0, 0.05) is 31.7 Å². The van der Waals surface area contributed by atoms with Crippen LogP contribution < -0.4 is 11.1 Å². The van der Waals surface area contributed by atoms with Gasteiger partial charge in [-0.05, 0) is 43.9 Å². The molecule has 0 spiro atoms. The lowest BCUT2D eigenvalue weighted by atomic mass is 9.84. The molecular formula is C16H27N3O. The molecule has 3 aliphatic rings. The van der Waals surface area contributed by atoms with Gasteiger partial charge >= 0.3 is 0 Å². The number of nitrogens with one attached hydrogen (secondary N) is 1. The maximum absolute atomic E-state index is 12.5. The fraction of sp³-hybridized carbons (Fsp3) is 0.812. The van der Waals surface area contributed by atoms with Crippen molar-refractivity contribution in [3.05, 3.63) is 12.7 Å². The van der Waals surface area contributed by atoms with Crippen molar-refractivity contribution in [1.82, 2.24) is 10.2 Å². The summed E-state index contributed by atoms with van der Waals surface area (Å²) in [5.74, 6) is 1.47. The molecule has 0 aromatic heterocycles. The SMILES string of the molecule is C=CCN1CCC(NC(=O)C2C3CCC(C3)C2N)CC1. The van der Waals surface area contributed by atoms with E-state index in [1.165, 1.54) is 19.3 Å². The van der Waals surface area contributed by atoms with Gasteiger partial charge in [0.15, 0.2) is 0 Å². The van der Waals surface area contributed by atoms with Crippen LogP contribution >= 0.6 is 0 Å². The van der Waals surface area contributed by atoms with Gasteiger partial charge in [0.2, 0.25) is 5.91 Å². The molecule has 2 saturated carbocycles. The Morgan fingerprint density at radius 3 is 2.55 bits per heavy atom. The molecule has 4 heteroatoms. The van der Waals surface area contributed by atoms with Crippen LogP contribution in [-0.2, 0) is 4.79 Å². The molecule has 4 nitrogen and oxygen atoms in total. The van der Waals surface area contributed by atoms with Crippen LogP contribution in [0.25, 0.3) is 0 Å². The van der Waals surface area contributed by atoms with Crippen molar-refractivity contribution in [1.29, 1.82) is 0 Å². The molecular weight excluding hydrogens is 250 g/mol. The maximum Gasteiger partial charge on any atom is 0.225 e. The summed E-state index contributed by atoms with van der Waals surface area (Å²) in [5.41, 5.74) is 6.25. The Kier molecular flexibility index (Phi) is 4.13. The second kappa shape index (κ2) is 5.86. The third-order valence-corrected chi connectivity index (χ3v) is 5.60. The lowest BCUT2D eigenvalue weighted by Gasteiger charge is -2.34. The summed E-state index contributed by atoms with van der Waals surface area (Å²) >= 11 is 0. The van der Waals surface area contributed by atoms with E-state index in [1.807, 2.05) is 6.08 Å². The normalized spacial score (nSPS) is 38.0. The first kappa shape index (κ1) is 14.1. The van der Waals surface area contributed by atoms with Crippen molar-refractivity contribution in [3.8, 4) is 0 Å². The van der Waals surface area contributed by atoms with E-state index in [4.69, 9.17) is 5.73 Å². The third-order valence-electron chi connectivity index (χ3n) is 5.60. The predicted molar refractivity (Wildman–Crippen MR) is 80.1 cm³/mol. The Hall–Kier alpha value is -0.870. The van der Waals surface area contributed by atoms with E-state index in [-0.39, 0.29) is 17.9 Å². The van der Waals surface area contributed by atoms with Crippen LogP contribution in [0.15, 0.2) is 12.7 Å². The number of nitrogens with two attached hydrogens (primary N) is 1. The number of hydrogen-bond donors (Lipinski definition) is 2. The highest BCUT2D eigenvalue weighted by atomic mass is 16.2. The van der Waals surface area contributed by atoms with Gasteiger partial charge in [-0.15, -0.1) is 6.58 Å². The number of rotatable bonds is 4. The minimum Gasteiger partial charge on any atom is -0.353 e. The molecule has 0 aromatic carbocycles. The van der Waals surface area contributed by atoms with E-state index in [9.17, 15) is 4.79 Å². The van der Waals surface area contributed by atoms with Gasteiger partial charge in [-0.1, -0.05) is 6.08 Å². The van der Waals surface area contributed by atoms with E-state index < -0.39 is 0 Å². The molecule has 3 fully saturated rings. The van der Waals surface area contributed by atoms with Gasteiger partial charge < -0.3 is 11.1 Å². The number of amides is 1. The Balaban J connectivity index is 1.49. The Morgan fingerprint density at radius 1 is 1.25 bits per heavy atom. The zero-order valence-electron chi connectivity index (χ0n) is 12.3. The van der Waals surface area contributed by atoms with Crippen LogP contribution in [0.3, 0.4) is 0 Å². The summed E-state index contributed by atoms with van der Waals surface area (Å²) in [6.07, 6.45) is 7.67. The highest BCUT2D eigenvalue weighted by molar-refractivity contribution is 5.80. The van der Waals surface area contributed by atoms with Gasteiger partial charge in [0.05, 0.1) is 5.92 Å². The predicted octanol–water partition coefficient (Wildman–Crippen LogP) is 1.13. The quantitative estimate of drug-likeness (QED) is 0.757. The van der Waals surface area contributed by atoms with Crippen LogP contribution in [0.2, 0.25) is 0 Å². The van der Waals surface area contributed by atoms with Crippen LogP contribution in [0, 0.1) is 17.8 Å². The van der Waals surface area contributed by atoms with Crippen molar-refractivity contribution in [2.24, 2.45) is 23.5 Å². The molecule has 112 valence electrons. The van der Waals surface area contributed by atoms with Crippen molar-refractivity contribution in [2.75, 3.05) is 19.6 Å². The number of likely N-dealkylation sites (tertiary alicyclic amines) is 1. The molecule has 2 aliphatic carbocycles. The van der Waals surface area contributed by atoms with Gasteiger partial charge in [-0.25, -0.2) is 0 Å². The second-order valence-corrected chi connectivity index (χ2v) is 6.81.